The van der Waals surface area contributed by atoms with Crippen LogP contribution in [0.25, 0.3) is 0 Å². The maximum Gasteiger partial charge on any atom is 0.122 e. The van der Waals surface area contributed by atoms with Crippen molar-refractivity contribution in [1.82, 2.24) is 10.6 Å². The highest BCUT2D eigenvalue weighted by molar-refractivity contribution is 5.42. The van der Waals surface area contributed by atoms with Crippen LogP contribution in [0.4, 0.5) is 0 Å². The molecule has 1 aromatic carbocycles. The molecule has 0 spiro atoms. The monoisotopic (exact) mass is 250 g/mol. The number of likely N-dealkylation sites (N-methyl/N-ethyl adjacent to an activating group) is 2. The predicted octanol–water partition coefficient (Wildman–Crippen LogP) is 2.47. The van der Waals surface area contributed by atoms with Crippen molar-refractivity contribution in [2.24, 2.45) is 0 Å². The summed E-state index contributed by atoms with van der Waals surface area (Å²) in [5.74, 6) is 0.963. The molecule has 0 aliphatic rings. The van der Waals surface area contributed by atoms with Gasteiger partial charge in [-0.05, 0) is 42.8 Å². The van der Waals surface area contributed by atoms with Crippen LogP contribution in [0.5, 0.6) is 5.75 Å². The average molecular weight is 250 g/mol. The van der Waals surface area contributed by atoms with Crippen LogP contribution in [0, 0.1) is 0 Å². The molecule has 0 fully saturated rings. The fourth-order valence-electron chi connectivity index (χ4n) is 2.12. The Balaban J connectivity index is 3.17. The Hall–Kier alpha value is -1.06. The number of nitrogens with one attached hydrogen (secondary N) is 2. The molecular weight excluding hydrogens is 224 g/mol. The molecule has 0 aromatic heterocycles. The number of hydrogen-bond donors (Lipinski definition) is 2. The van der Waals surface area contributed by atoms with E-state index in [0.717, 1.165) is 12.3 Å². The van der Waals surface area contributed by atoms with E-state index < -0.39 is 0 Å². The maximum absolute atomic E-state index is 5.46. The molecule has 3 heteroatoms. The van der Waals surface area contributed by atoms with E-state index in [-0.39, 0.29) is 5.41 Å². The molecule has 0 bridgehead atoms. The molecule has 0 aliphatic heterocycles. The Morgan fingerprint density at radius 2 is 1.89 bits per heavy atom. The second-order valence-corrected chi connectivity index (χ2v) is 5.61. The molecule has 3 nitrogen and oxygen atoms in total. The summed E-state index contributed by atoms with van der Waals surface area (Å²) in [6, 6.07) is 6.77. The molecule has 1 aromatic rings. The van der Waals surface area contributed by atoms with Gasteiger partial charge in [0.1, 0.15) is 5.75 Å². The van der Waals surface area contributed by atoms with Crippen molar-refractivity contribution >= 4 is 0 Å². The van der Waals surface area contributed by atoms with Gasteiger partial charge in [-0.1, -0.05) is 26.8 Å². The van der Waals surface area contributed by atoms with Gasteiger partial charge in [0.25, 0.3) is 0 Å². The summed E-state index contributed by atoms with van der Waals surface area (Å²) >= 11 is 0. The zero-order chi connectivity index (χ0) is 13.8. The van der Waals surface area contributed by atoms with Crippen molar-refractivity contribution < 1.29 is 4.74 Å². The minimum Gasteiger partial charge on any atom is -0.496 e. The fraction of sp³-hybridized carbons (Fsp3) is 0.600. The molecule has 1 rings (SSSR count). The van der Waals surface area contributed by atoms with Gasteiger partial charge in [0.15, 0.2) is 0 Å². The molecule has 0 radical (unpaired) electrons. The minimum atomic E-state index is 0.0826. The van der Waals surface area contributed by atoms with Gasteiger partial charge in [-0.3, -0.25) is 0 Å². The van der Waals surface area contributed by atoms with Crippen LogP contribution < -0.4 is 15.4 Å². The van der Waals surface area contributed by atoms with Crippen LogP contribution in [-0.4, -0.2) is 27.7 Å². The summed E-state index contributed by atoms with van der Waals surface area (Å²) in [6.45, 7) is 7.54. The molecule has 18 heavy (non-hydrogen) atoms. The standard InChI is InChI=1S/C15H26N2O/c1-15(2,3)12-9-11(7-8-14(12)18-6)13(17-5)10-16-4/h7-9,13,16-17H,10H2,1-6H3. The third-order valence-corrected chi connectivity index (χ3v) is 3.19. The van der Waals surface area contributed by atoms with Gasteiger partial charge >= 0.3 is 0 Å². The van der Waals surface area contributed by atoms with Crippen LogP contribution in [0.3, 0.4) is 0 Å². The Bertz CT molecular complexity index is 383. The lowest BCUT2D eigenvalue weighted by Crippen LogP contribution is -2.27. The van der Waals surface area contributed by atoms with Gasteiger partial charge in [-0.25, -0.2) is 0 Å². The number of hydrogen-bond acceptors (Lipinski definition) is 3. The van der Waals surface area contributed by atoms with Crippen molar-refractivity contribution in [3.8, 4) is 5.75 Å². The molecule has 0 heterocycles. The first-order chi connectivity index (χ1) is 8.43. The normalized spacial score (nSPS) is 13.4. The van der Waals surface area contributed by atoms with E-state index in [2.05, 4.69) is 49.6 Å². The lowest BCUT2D eigenvalue weighted by Gasteiger charge is -2.25. The number of ether oxygens (including phenoxy) is 1. The van der Waals surface area contributed by atoms with E-state index in [1.807, 2.05) is 14.1 Å². The molecule has 1 unspecified atom stereocenters. The minimum absolute atomic E-state index is 0.0826. The number of rotatable bonds is 5. The summed E-state index contributed by atoms with van der Waals surface area (Å²) in [7, 11) is 5.69. The lowest BCUT2D eigenvalue weighted by atomic mass is 9.84. The topological polar surface area (TPSA) is 33.3 Å². The molecule has 1 atom stereocenters. The molecule has 0 amide bonds. The summed E-state index contributed by atoms with van der Waals surface area (Å²) in [5.41, 5.74) is 2.62. The van der Waals surface area contributed by atoms with Gasteiger partial charge in [0, 0.05) is 12.6 Å². The van der Waals surface area contributed by atoms with E-state index >= 15 is 0 Å². The van der Waals surface area contributed by atoms with Crippen LogP contribution in [-0.2, 0) is 5.41 Å². The first kappa shape index (κ1) is 15.0. The van der Waals surface area contributed by atoms with Gasteiger partial charge in [0.05, 0.1) is 7.11 Å². The van der Waals surface area contributed by atoms with E-state index in [9.17, 15) is 0 Å². The smallest absolute Gasteiger partial charge is 0.122 e. The van der Waals surface area contributed by atoms with Crippen molar-refractivity contribution in [2.45, 2.75) is 32.2 Å². The molecular formula is C15H26N2O. The van der Waals surface area contributed by atoms with E-state index in [1.54, 1.807) is 7.11 Å². The number of methoxy groups -OCH3 is 1. The Morgan fingerprint density at radius 1 is 1.22 bits per heavy atom. The first-order valence-corrected chi connectivity index (χ1v) is 6.44. The van der Waals surface area contributed by atoms with Crippen molar-refractivity contribution in [3.63, 3.8) is 0 Å². The molecule has 102 valence electrons. The van der Waals surface area contributed by atoms with Crippen LogP contribution in [0.1, 0.15) is 37.9 Å². The van der Waals surface area contributed by atoms with Gasteiger partial charge in [-0.2, -0.15) is 0 Å². The molecule has 0 aliphatic carbocycles. The van der Waals surface area contributed by atoms with Crippen molar-refractivity contribution in [3.05, 3.63) is 29.3 Å². The quantitative estimate of drug-likeness (QED) is 0.842. The fourth-order valence-corrected chi connectivity index (χ4v) is 2.12. The predicted molar refractivity (Wildman–Crippen MR) is 77.4 cm³/mol. The van der Waals surface area contributed by atoms with E-state index in [4.69, 9.17) is 4.74 Å². The number of benzene rings is 1. The van der Waals surface area contributed by atoms with Crippen LogP contribution in [0.15, 0.2) is 18.2 Å². The van der Waals surface area contributed by atoms with Gasteiger partial charge < -0.3 is 15.4 Å². The summed E-state index contributed by atoms with van der Waals surface area (Å²) in [6.07, 6.45) is 0. The lowest BCUT2D eigenvalue weighted by molar-refractivity contribution is 0.396. The van der Waals surface area contributed by atoms with Gasteiger partial charge in [0.2, 0.25) is 0 Å². The average Bonchev–Trinajstić information content (AvgIpc) is 2.34. The van der Waals surface area contributed by atoms with Crippen molar-refractivity contribution in [2.75, 3.05) is 27.7 Å². The zero-order valence-corrected chi connectivity index (χ0v) is 12.4. The van der Waals surface area contributed by atoms with Crippen LogP contribution in [0.2, 0.25) is 0 Å². The third-order valence-electron chi connectivity index (χ3n) is 3.19. The summed E-state index contributed by atoms with van der Waals surface area (Å²) in [4.78, 5) is 0. The highest BCUT2D eigenvalue weighted by atomic mass is 16.5. The second-order valence-electron chi connectivity index (χ2n) is 5.61. The Labute approximate surface area is 111 Å². The van der Waals surface area contributed by atoms with Crippen LogP contribution >= 0.6 is 0 Å². The SMILES string of the molecule is CNCC(NC)c1ccc(OC)c(C(C)(C)C)c1. The zero-order valence-electron chi connectivity index (χ0n) is 12.4. The Morgan fingerprint density at radius 3 is 2.33 bits per heavy atom. The second kappa shape index (κ2) is 6.21. The largest absolute Gasteiger partial charge is 0.496 e. The Kier molecular flexibility index (Phi) is 5.17. The molecule has 0 saturated carbocycles. The third kappa shape index (κ3) is 3.47. The molecule has 2 N–H and O–H groups in total. The highest BCUT2D eigenvalue weighted by Crippen LogP contribution is 2.33. The summed E-state index contributed by atoms with van der Waals surface area (Å²) in [5, 5.41) is 6.54. The summed E-state index contributed by atoms with van der Waals surface area (Å²) < 4.78 is 5.46. The molecule has 0 saturated heterocycles. The van der Waals surface area contributed by atoms with Gasteiger partial charge in [-0.15, -0.1) is 0 Å². The van der Waals surface area contributed by atoms with E-state index in [0.29, 0.717) is 6.04 Å². The van der Waals surface area contributed by atoms with E-state index in [1.165, 1.54) is 11.1 Å². The highest BCUT2D eigenvalue weighted by Gasteiger charge is 2.20. The first-order valence-electron chi connectivity index (χ1n) is 6.44. The van der Waals surface area contributed by atoms with Crippen molar-refractivity contribution in [1.29, 1.82) is 0 Å². The maximum atomic E-state index is 5.46.